The summed E-state index contributed by atoms with van der Waals surface area (Å²) >= 11 is 0. The van der Waals surface area contributed by atoms with E-state index >= 15 is 0 Å². The summed E-state index contributed by atoms with van der Waals surface area (Å²) < 4.78 is 14.9. The van der Waals surface area contributed by atoms with Gasteiger partial charge in [-0.05, 0) is 48.6 Å². The molecule has 4 rings (SSSR count). The van der Waals surface area contributed by atoms with Crippen LogP contribution >= 0.6 is 0 Å². The molecule has 9 heteroatoms. The van der Waals surface area contributed by atoms with Crippen LogP contribution in [0, 0.1) is 5.82 Å². The van der Waals surface area contributed by atoms with Gasteiger partial charge in [-0.1, -0.05) is 0 Å². The fourth-order valence-electron chi connectivity index (χ4n) is 3.05. The number of rotatable bonds is 5. The summed E-state index contributed by atoms with van der Waals surface area (Å²) in [4.78, 5) is 32.0. The number of hydrogen-bond donors (Lipinski definition) is 4. The molecule has 1 saturated carbocycles. The van der Waals surface area contributed by atoms with Crippen LogP contribution in [0.3, 0.4) is 0 Å². The molecule has 1 aromatic heterocycles. The molecule has 1 aliphatic heterocycles. The summed E-state index contributed by atoms with van der Waals surface area (Å²) in [6.45, 7) is 1.26. The maximum Gasteiger partial charge on any atom is 0.258 e. The van der Waals surface area contributed by atoms with Crippen molar-refractivity contribution in [1.82, 2.24) is 15.6 Å². The Hall–Kier alpha value is -3.49. The highest BCUT2D eigenvalue weighted by atomic mass is 19.1. The second-order valence-corrected chi connectivity index (χ2v) is 6.73. The van der Waals surface area contributed by atoms with Gasteiger partial charge in [-0.2, -0.15) is 0 Å². The summed E-state index contributed by atoms with van der Waals surface area (Å²) in [5.74, 6) is -0.710. The molecule has 1 aromatic carbocycles. The molecule has 5 N–H and O–H groups in total. The third-order valence-corrected chi connectivity index (χ3v) is 4.60. The lowest BCUT2D eigenvalue weighted by atomic mass is 10.0. The number of benzene rings is 1. The highest BCUT2D eigenvalue weighted by Gasteiger charge is 2.29. The van der Waals surface area contributed by atoms with Gasteiger partial charge in [-0.15, -0.1) is 0 Å². The molecule has 8 nitrogen and oxygen atoms in total. The van der Waals surface area contributed by atoms with Crippen LogP contribution in [0.1, 0.15) is 45.0 Å². The van der Waals surface area contributed by atoms with E-state index in [2.05, 4.69) is 25.9 Å². The summed E-state index contributed by atoms with van der Waals surface area (Å²) in [6, 6.07) is 5.81. The summed E-state index contributed by atoms with van der Waals surface area (Å²) in [5, 5.41) is 8.53. The Balaban J connectivity index is 1.63. The molecule has 2 amide bonds. The number of aromatic nitrogens is 1. The van der Waals surface area contributed by atoms with Gasteiger partial charge in [-0.3, -0.25) is 19.9 Å². The maximum absolute atomic E-state index is 14.9. The lowest BCUT2D eigenvalue weighted by Gasteiger charge is -2.15. The Kier molecular flexibility index (Phi) is 4.64. The SMILES string of the molecule is NC(=O)c1ccnc(Nc2c(F)cc(C(=O)NC3=NCCN3)cc2C2CC2)c1. The molecule has 2 heterocycles. The van der Waals surface area contributed by atoms with Crippen LogP contribution in [0.2, 0.25) is 0 Å². The van der Waals surface area contributed by atoms with Crippen molar-refractivity contribution in [2.75, 3.05) is 18.4 Å². The first-order valence-corrected chi connectivity index (χ1v) is 8.97. The number of aliphatic imine (C=N–C) groups is 1. The van der Waals surface area contributed by atoms with Crippen molar-refractivity contribution in [3.05, 3.63) is 53.0 Å². The number of amides is 2. The summed E-state index contributed by atoms with van der Waals surface area (Å²) in [6.07, 6.45) is 3.26. The first-order chi connectivity index (χ1) is 13.5. The zero-order valence-corrected chi connectivity index (χ0v) is 15.0. The van der Waals surface area contributed by atoms with Gasteiger partial charge in [0, 0.05) is 23.9 Å². The van der Waals surface area contributed by atoms with Crippen LogP contribution in [0.5, 0.6) is 0 Å². The molecule has 0 atom stereocenters. The number of nitrogens with two attached hydrogens (primary N) is 1. The number of hydrogen-bond acceptors (Lipinski definition) is 6. The molecule has 2 aromatic rings. The standard InChI is InChI=1S/C19H19FN6O2/c20-14-8-12(18(28)26-19-23-5-6-24-19)7-13(10-1-2-10)16(14)25-15-9-11(17(21)27)3-4-22-15/h3-4,7-10H,1-2,5-6H2,(H2,21,27)(H,22,25)(H2,23,24,26,28). The van der Waals surface area contributed by atoms with Crippen molar-refractivity contribution in [3.63, 3.8) is 0 Å². The van der Waals surface area contributed by atoms with Crippen molar-refractivity contribution in [2.24, 2.45) is 10.7 Å². The Morgan fingerprint density at radius 1 is 1.21 bits per heavy atom. The van der Waals surface area contributed by atoms with Crippen molar-refractivity contribution in [2.45, 2.75) is 18.8 Å². The number of carbonyl (C=O) groups is 2. The monoisotopic (exact) mass is 382 g/mol. The molecule has 0 unspecified atom stereocenters. The lowest BCUT2D eigenvalue weighted by molar-refractivity contribution is 0.0973. The third-order valence-electron chi connectivity index (χ3n) is 4.60. The summed E-state index contributed by atoms with van der Waals surface area (Å²) in [5.41, 5.74) is 6.74. The number of primary amides is 1. The minimum absolute atomic E-state index is 0.172. The Labute approximate surface area is 160 Å². The zero-order valence-electron chi connectivity index (χ0n) is 15.0. The predicted octanol–water partition coefficient (Wildman–Crippen LogP) is 1.63. The van der Waals surface area contributed by atoms with Crippen LogP contribution in [-0.4, -0.2) is 35.8 Å². The first-order valence-electron chi connectivity index (χ1n) is 8.97. The second kappa shape index (κ2) is 7.26. The molecule has 0 saturated heterocycles. The molecule has 0 bridgehead atoms. The molecular weight excluding hydrogens is 363 g/mol. The normalized spacial score (nSPS) is 15.5. The number of guanidine groups is 1. The van der Waals surface area contributed by atoms with Crippen LogP contribution < -0.4 is 21.7 Å². The van der Waals surface area contributed by atoms with E-state index in [1.165, 1.54) is 24.4 Å². The van der Waals surface area contributed by atoms with E-state index < -0.39 is 17.6 Å². The molecular formula is C19H19FN6O2. The fourth-order valence-corrected chi connectivity index (χ4v) is 3.05. The van der Waals surface area contributed by atoms with Gasteiger partial charge in [0.05, 0.1) is 12.2 Å². The van der Waals surface area contributed by atoms with Crippen molar-refractivity contribution >= 4 is 29.3 Å². The third kappa shape index (κ3) is 3.78. The first kappa shape index (κ1) is 17.9. The minimum atomic E-state index is -0.594. The van der Waals surface area contributed by atoms with Gasteiger partial charge in [-0.25, -0.2) is 9.37 Å². The number of nitrogens with zero attached hydrogens (tertiary/aromatic N) is 2. The van der Waals surface area contributed by atoms with E-state index in [1.807, 2.05) is 0 Å². The van der Waals surface area contributed by atoms with Crippen molar-refractivity contribution in [3.8, 4) is 0 Å². The predicted molar refractivity (Wildman–Crippen MR) is 102 cm³/mol. The molecule has 144 valence electrons. The lowest BCUT2D eigenvalue weighted by Crippen LogP contribution is -2.38. The quantitative estimate of drug-likeness (QED) is 0.626. The summed E-state index contributed by atoms with van der Waals surface area (Å²) in [7, 11) is 0. The van der Waals surface area contributed by atoms with Crippen LogP contribution in [0.25, 0.3) is 0 Å². The van der Waals surface area contributed by atoms with E-state index in [0.717, 1.165) is 12.8 Å². The Morgan fingerprint density at radius 3 is 2.71 bits per heavy atom. The minimum Gasteiger partial charge on any atom is -0.366 e. The van der Waals surface area contributed by atoms with Gasteiger partial charge in [0.1, 0.15) is 11.6 Å². The van der Waals surface area contributed by atoms with Crippen LogP contribution in [0.15, 0.2) is 35.5 Å². The van der Waals surface area contributed by atoms with Gasteiger partial charge < -0.3 is 16.4 Å². The number of carbonyl (C=O) groups excluding carboxylic acids is 2. The highest BCUT2D eigenvalue weighted by molar-refractivity contribution is 6.06. The number of halogens is 1. The Morgan fingerprint density at radius 2 is 2.04 bits per heavy atom. The van der Waals surface area contributed by atoms with E-state index in [9.17, 15) is 14.0 Å². The average Bonchev–Trinajstić information content (AvgIpc) is 3.40. The number of pyridine rings is 1. The molecule has 0 radical (unpaired) electrons. The van der Waals surface area contributed by atoms with Gasteiger partial charge in [0.25, 0.3) is 5.91 Å². The van der Waals surface area contributed by atoms with E-state index in [-0.39, 0.29) is 22.7 Å². The van der Waals surface area contributed by atoms with Gasteiger partial charge in [0.2, 0.25) is 5.91 Å². The van der Waals surface area contributed by atoms with E-state index in [0.29, 0.717) is 30.4 Å². The fraction of sp³-hybridized carbons (Fsp3) is 0.263. The van der Waals surface area contributed by atoms with E-state index in [4.69, 9.17) is 5.73 Å². The number of anilines is 2. The second-order valence-electron chi connectivity index (χ2n) is 6.73. The largest absolute Gasteiger partial charge is 0.366 e. The van der Waals surface area contributed by atoms with Crippen LogP contribution in [0.4, 0.5) is 15.9 Å². The highest BCUT2D eigenvalue weighted by Crippen LogP contribution is 2.45. The van der Waals surface area contributed by atoms with E-state index in [1.54, 1.807) is 6.07 Å². The number of nitrogens with one attached hydrogen (secondary N) is 3. The topological polar surface area (TPSA) is 122 Å². The van der Waals surface area contributed by atoms with Gasteiger partial charge >= 0.3 is 0 Å². The van der Waals surface area contributed by atoms with Crippen molar-refractivity contribution in [1.29, 1.82) is 0 Å². The molecule has 0 spiro atoms. The van der Waals surface area contributed by atoms with Crippen LogP contribution in [-0.2, 0) is 0 Å². The maximum atomic E-state index is 14.9. The zero-order chi connectivity index (χ0) is 19.7. The average molecular weight is 382 g/mol. The Bertz CT molecular complexity index is 986. The molecule has 2 aliphatic rings. The molecule has 28 heavy (non-hydrogen) atoms. The van der Waals surface area contributed by atoms with Gasteiger partial charge in [0.15, 0.2) is 5.96 Å². The molecule has 1 fully saturated rings. The smallest absolute Gasteiger partial charge is 0.258 e. The van der Waals surface area contributed by atoms with Crippen molar-refractivity contribution < 1.29 is 14.0 Å². The molecule has 1 aliphatic carbocycles.